The lowest BCUT2D eigenvalue weighted by atomic mass is 9.42. The van der Waals surface area contributed by atoms with Gasteiger partial charge in [-0.25, -0.2) is 0 Å². The van der Waals surface area contributed by atoms with Crippen molar-refractivity contribution in [3.63, 3.8) is 0 Å². The van der Waals surface area contributed by atoms with Crippen LogP contribution in [-0.2, 0) is 4.79 Å². The van der Waals surface area contributed by atoms with Crippen LogP contribution in [0.4, 0.5) is 0 Å². The van der Waals surface area contributed by atoms with E-state index in [4.69, 9.17) is 0 Å². The normalized spacial score (nSPS) is 53.6. The van der Waals surface area contributed by atoms with Crippen LogP contribution in [0.2, 0.25) is 0 Å². The zero-order valence-corrected chi connectivity index (χ0v) is 15.3. The Morgan fingerprint density at radius 3 is 2.58 bits per heavy atom. The van der Waals surface area contributed by atoms with Gasteiger partial charge in [-0.1, -0.05) is 19.9 Å². The molecule has 0 heterocycles. The Hall–Kier alpha value is -0.670. The van der Waals surface area contributed by atoms with Crippen LogP contribution in [0.15, 0.2) is 11.6 Å². The molecule has 0 aromatic rings. The summed E-state index contributed by atoms with van der Waals surface area (Å²) < 4.78 is 0. The van der Waals surface area contributed by atoms with Gasteiger partial charge in [0.1, 0.15) is 0 Å². The molecule has 0 radical (unpaired) electrons. The van der Waals surface area contributed by atoms with Gasteiger partial charge in [-0.15, -0.1) is 0 Å². The van der Waals surface area contributed by atoms with Gasteiger partial charge in [0.25, 0.3) is 0 Å². The summed E-state index contributed by atoms with van der Waals surface area (Å²) in [6.45, 7) is 6.24. The number of ketones is 1. The van der Waals surface area contributed by atoms with Gasteiger partial charge < -0.3 is 10.2 Å². The molecule has 0 aromatic carbocycles. The summed E-state index contributed by atoms with van der Waals surface area (Å²) in [6, 6.07) is 0. The van der Waals surface area contributed by atoms with Gasteiger partial charge in [0.05, 0.1) is 11.7 Å². The molecule has 4 aliphatic carbocycles. The fraction of sp³-hybridized carbons (Fsp3) is 0.857. The number of rotatable bonds is 1. The molecule has 4 aliphatic rings. The highest BCUT2D eigenvalue weighted by atomic mass is 16.3. The molecular weight excluding hydrogens is 300 g/mol. The van der Waals surface area contributed by atoms with Crippen LogP contribution in [0.5, 0.6) is 0 Å². The molecule has 1 unspecified atom stereocenters. The number of Topliss-reactive ketones (excluding diaryl/α,β-unsaturated/α-hetero) is 1. The summed E-state index contributed by atoms with van der Waals surface area (Å²) in [7, 11) is 0. The summed E-state index contributed by atoms with van der Waals surface area (Å²) in [5.74, 6) is 1.35. The summed E-state index contributed by atoms with van der Waals surface area (Å²) in [5, 5.41) is 22.0. The van der Waals surface area contributed by atoms with E-state index in [0.717, 1.165) is 56.9 Å². The highest BCUT2D eigenvalue weighted by Crippen LogP contribution is 2.67. The molecule has 3 heteroatoms. The van der Waals surface area contributed by atoms with E-state index in [2.05, 4.69) is 19.9 Å². The van der Waals surface area contributed by atoms with Crippen LogP contribution >= 0.6 is 0 Å². The van der Waals surface area contributed by atoms with Crippen molar-refractivity contribution in [3.8, 4) is 0 Å². The first kappa shape index (κ1) is 16.8. The Bertz CT molecular complexity index is 596. The Balaban J connectivity index is 1.69. The van der Waals surface area contributed by atoms with Crippen LogP contribution in [0.25, 0.3) is 0 Å². The van der Waals surface area contributed by atoms with E-state index >= 15 is 0 Å². The van der Waals surface area contributed by atoms with Crippen molar-refractivity contribution in [3.05, 3.63) is 11.6 Å². The van der Waals surface area contributed by atoms with Crippen LogP contribution < -0.4 is 0 Å². The minimum Gasteiger partial charge on any atom is -0.393 e. The zero-order chi connectivity index (χ0) is 17.3. The molecule has 0 aromatic heterocycles. The van der Waals surface area contributed by atoms with Crippen LogP contribution in [-0.4, -0.2) is 27.7 Å². The monoisotopic (exact) mass is 332 g/mol. The zero-order valence-electron chi connectivity index (χ0n) is 15.3. The Kier molecular flexibility index (Phi) is 3.61. The van der Waals surface area contributed by atoms with Crippen LogP contribution in [0, 0.1) is 28.6 Å². The fourth-order valence-electron chi connectivity index (χ4n) is 7.29. The first-order chi connectivity index (χ1) is 11.2. The van der Waals surface area contributed by atoms with Gasteiger partial charge >= 0.3 is 0 Å². The molecule has 0 saturated heterocycles. The van der Waals surface area contributed by atoms with E-state index in [1.165, 1.54) is 0 Å². The molecule has 4 rings (SSSR count). The molecule has 24 heavy (non-hydrogen) atoms. The van der Waals surface area contributed by atoms with Crippen LogP contribution in [0.3, 0.4) is 0 Å². The number of allylic oxidation sites excluding steroid dienone is 2. The molecule has 3 fully saturated rings. The maximum Gasteiger partial charge on any atom is 0.156 e. The molecule has 0 bridgehead atoms. The van der Waals surface area contributed by atoms with Crippen molar-refractivity contribution in [2.45, 2.75) is 83.8 Å². The van der Waals surface area contributed by atoms with Crippen molar-refractivity contribution in [1.29, 1.82) is 0 Å². The molecule has 7 atom stereocenters. The summed E-state index contributed by atoms with van der Waals surface area (Å²) in [6.07, 6.45) is 9.41. The van der Waals surface area contributed by atoms with E-state index in [1.807, 2.05) is 0 Å². The summed E-state index contributed by atoms with van der Waals surface area (Å²) in [4.78, 5) is 12.1. The van der Waals surface area contributed by atoms with E-state index in [0.29, 0.717) is 17.8 Å². The topological polar surface area (TPSA) is 57.5 Å². The second-order valence-electron chi connectivity index (χ2n) is 9.58. The van der Waals surface area contributed by atoms with Gasteiger partial charge in [0.2, 0.25) is 0 Å². The standard InChI is InChI=1S/C21H32O3/c1-13(22)16-6-7-17-18-5-4-14-12-15(23)8-9-20(14,3)21(18,24)11-10-19(16,17)2/h6,14-15,17-18,23-24H,4-5,7-12H2,1-3H3/t14?,15-,17-,18-,19+,20-,21+/m0/s1. The average molecular weight is 332 g/mol. The number of hydrogen-bond donors (Lipinski definition) is 2. The summed E-state index contributed by atoms with van der Waals surface area (Å²) >= 11 is 0. The van der Waals surface area contributed by atoms with Gasteiger partial charge in [-0.2, -0.15) is 0 Å². The average Bonchev–Trinajstić information content (AvgIpc) is 2.87. The third-order valence-electron chi connectivity index (χ3n) is 8.78. The number of carbonyl (C=O) groups is 1. The quantitative estimate of drug-likeness (QED) is 0.771. The summed E-state index contributed by atoms with van der Waals surface area (Å²) in [5.41, 5.74) is 0.275. The van der Waals surface area contributed by atoms with E-state index in [1.54, 1.807) is 6.92 Å². The maximum absolute atomic E-state index is 12.1. The van der Waals surface area contributed by atoms with Gasteiger partial charge in [-0.05, 0) is 92.4 Å². The third kappa shape index (κ3) is 1.94. The van der Waals surface area contributed by atoms with Crippen molar-refractivity contribution < 1.29 is 15.0 Å². The lowest BCUT2D eigenvalue weighted by Crippen LogP contribution is -2.65. The minimum atomic E-state index is -0.625. The Morgan fingerprint density at radius 1 is 1.12 bits per heavy atom. The molecule has 0 spiro atoms. The third-order valence-corrected chi connectivity index (χ3v) is 8.78. The van der Waals surface area contributed by atoms with E-state index in [-0.39, 0.29) is 22.7 Å². The molecule has 134 valence electrons. The first-order valence-electron chi connectivity index (χ1n) is 9.84. The minimum absolute atomic E-state index is 0.0416. The number of aliphatic hydroxyl groups excluding tert-OH is 1. The van der Waals surface area contributed by atoms with Gasteiger partial charge in [0, 0.05) is 0 Å². The SMILES string of the molecule is CC(=O)C1=CC[C@H]2[C@@H]3CCC4C[C@@H](O)CC[C@]4(C)[C@@]3(O)CC[C@]12C. The van der Waals surface area contributed by atoms with Crippen molar-refractivity contribution in [1.82, 2.24) is 0 Å². The number of carbonyl (C=O) groups excluding carboxylic acids is 1. The molecule has 3 saturated carbocycles. The van der Waals surface area contributed by atoms with Gasteiger partial charge in [0.15, 0.2) is 5.78 Å². The lowest BCUT2D eigenvalue weighted by Gasteiger charge is -2.65. The Labute approximate surface area is 145 Å². The smallest absolute Gasteiger partial charge is 0.156 e. The first-order valence-corrected chi connectivity index (χ1v) is 9.84. The predicted molar refractivity (Wildman–Crippen MR) is 93.3 cm³/mol. The molecule has 0 amide bonds. The highest BCUT2D eigenvalue weighted by molar-refractivity contribution is 5.95. The lowest BCUT2D eigenvalue weighted by molar-refractivity contribution is -0.236. The van der Waals surface area contributed by atoms with Gasteiger partial charge in [-0.3, -0.25) is 4.79 Å². The largest absolute Gasteiger partial charge is 0.393 e. The Morgan fingerprint density at radius 2 is 1.88 bits per heavy atom. The molecule has 2 N–H and O–H groups in total. The van der Waals surface area contributed by atoms with E-state index < -0.39 is 5.60 Å². The maximum atomic E-state index is 12.1. The molecular formula is C21H32O3. The molecule has 0 aliphatic heterocycles. The number of aliphatic hydroxyl groups is 2. The number of fused-ring (bicyclic) bond motifs is 5. The second-order valence-corrected chi connectivity index (χ2v) is 9.58. The predicted octanol–water partition coefficient (Wildman–Crippen LogP) is 3.63. The fourth-order valence-corrected chi connectivity index (χ4v) is 7.29. The van der Waals surface area contributed by atoms with E-state index in [9.17, 15) is 15.0 Å². The molecule has 3 nitrogen and oxygen atoms in total. The van der Waals surface area contributed by atoms with Crippen molar-refractivity contribution in [2.24, 2.45) is 28.6 Å². The van der Waals surface area contributed by atoms with Crippen molar-refractivity contribution >= 4 is 5.78 Å². The highest BCUT2D eigenvalue weighted by Gasteiger charge is 2.66. The van der Waals surface area contributed by atoms with Crippen molar-refractivity contribution in [2.75, 3.05) is 0 Å². The van der Waals surface area contributed by atoms with Crippen LogP contribution in [0.1, 0.15) is 72.1 Å². The second kappa shape index (κ2) is 5.17. The number of hydrogen-bond acceptors (Lipinski definition) is 3.